The van der Waals surface area contributed by atoms with Crippen LogP contribution < -0.4 is 25.9 Å². The van der Waals surface area contributed by atoms with Crippen LogP contribution >= 0.6 is 0 Å². The number of rotatable bonds is 5. The molecule has 146 valence electrons. The summed E-state index contributed by atoms with van der Waals surface area (Å²) in [5.74, 6) is 0.408. The maximum absolute atomic E-state index is 13.3. The van der Waals surface area contributed by atoms with Crippen LogP contribution in [-0.2, 0) is 6.18 Å². The molecular formula is C21H20F4IO-. The van der Waals surface area contributed by atoms with E-state index in [1.807, 2.05) is 0 Å². The molecular weight excluding hydrogens is 471 g/mol. The number of hydrogen-bond donors (Lipinski definition) is 0. The van der Waals surface area contributed by atoms with Gasteiger partial charge in [-0.15, -0.1) is 0 Å². The van der Waals surface area contributed by atoms with Gasteiger partial charge < -0.3 is 0 Å². The van der Waals surface area contributed by atoms with E-state index in [1.165, 1.54) is 35.1 Å². The fraction of sp³-hybridized carbons (Fsp3) is 0.333. The number of allylic oxidation sites excluding steroid dienone is 1. The van der Waals surface area contributed by atoms with E-state index < -0.39 is 11.7 Å². The normalized spacial score (nSPS) is 19.0. The van der Waals surface area contributed by atoms with Gasteiger partial charge in [0, 0.05) is 0 Å². The summed E-state index contributed by atoms with van der Waals surface area (Å²) in [5, 5.41) is 0. The van der Waals surface area contributed by atoms with Gasteiger partial charge in [-0.3, -0.25) is 0 Å². The van der Waals surface area contributed by atoms with Gasteiger partial charge in [-0.1, -0.05) is 0 Å². The molecule has 0 N–H and O–H groups in total. The molecule has 1 nitrogen and oxygen atoms in total. The van der Waals surface area contributed by atoms with E-state index >= 15 is 0 Å². The second-order valence-corrected chi connectivity index (χ2v) is 9.16. The zero-order valence-electron chi connectivity index (χ0n) is 14.6. The molecule has 2 unspecified atom stereocenters. The maximum atomic E-state index is 13.3. The molecule has 0 bridgehead atoms. The van der Waals surface area contributed by atoms with Gasteiger partial charge in [-0.2, -0.15) is 0 Å². The Balaban J connectivity index is 1.79. The minimum atomic E-state index is -4.37. The van der Waals surface area contributed by atoms with Gasteiger partial charge in [-0.05, 0) is 0 Å². The fourth-order valence-electron chi connectivity index (χ4n) is 3.02. The third-order valence-electron chi connectivity index (χ3n) is 4.47. The SMILES string of the molecule is Fc1ccc(C(CC2C=C[I-]CCC2)Oc2ccc(C(F)(F)F)cc2)cc1. The van der Waals surface area contributed by atoms with Crippen LogP contribution in [0.25, 0.3) is 0 Å². The van der Waals surface area contributed by atoms with Crippen molar-refractivity contribution in [3.63, 3.8) is 0 Å². The molecule has 0 spiro atoms. The summed E-state index contributed by atoms with van der Waals surface area (Å²) >= 11 is 0.133. The Morgan fingerprint density at radius 2 is 1.74 bits per heavy atom. The molecule has 3 rings (SSSR count). The predicted molar refractivity (Wildman–Crippen MR) is 92.6 cm³/mol. The van der Waals surface area contributed by atoms with E-state index in [0.29, 0.717) is 18.1 Å². The molecule has 1 aliphatic heterocycles. The number of benzene rings is 2. The summed E-state index contributed by atoms with van der Waals surface area (Å²) in [7, 11) is 0. The van der Waals surface area contributed by atoms with E-state index in [4.69, 9.17) is 4.74 Å². The third-order valence-corrected chi connectivity index (χ3v) is 6.78. The Bertz CT molecular complexity index is 753. The third kappa shape index (κ3) is 5.96. The molecule has 0 saturated heterocycles. The average Bonchev–Trinajstić information content (AvgIpc) is 2.90. The van der Waals surface area contributed by atoms with Crippen molar-refractivity contribution in [1.29, 1.82) is 0 Å². The van der Waals surface area contributed by atoms with Crippen LogP contribution in [0, 0.1) is 11.7 Å². The van der Waals surface area contributed by atoms with Gasteiger partial charge >= 0.3 is 167 Å². The Morgan fingerprint density at radius 3 is 2.41 bits per heavy atom. The van der Waals surface area contributed by atoms with Crippen molar-refractivity contribution in [3.8, 4) is 5.75 Å². The quantitative estimate of drug-likeness (QED) is 0.354. The van der Waals surface area contributed by atoms with Gasteiger partial charge in [-0.25, -0.2) is 0 Å². The standard InChI is InChI=1S/C21H20F4IO/c22-18-7-3-16(4-8-18)20(14-15-2-1-12-26-13-11-15)27-19-9-5-17(6-10-19)21(23,24)25/h3-11,13,15,20H,1-2,12,14H2/q-1. The first-order valence-corrected chi connectivity index (χ1v) is 11.5. The molecule has 27 heavy (non-hydrogen) atoms. The molecule has 0 amide bonds. The Morgan fingerprint density at radius 1 is 1.04 bits per heavy atom. The Kier molecular flexibility index (Phi) is 6.78. The monoisotopic (exact) mass is 491 g/mol. The molecule has 0 aliphatic carbocycles. The first kappa shape index (κ1) is 20.2. The van der Waals surface area contributed by atoms with Crippen molar-refractivity contribution in [2.45, 2.75) is 31.5 Å². The van der Waals surface area contributed by atoms with Crippen molar-refractivity contribution >= 4 is 0 Å². The van der Waals surface area contributed by atoms with Crippen molar-refractivity contribution < 1.29 is 43.5 Å². The second kappa shape index (κ2) is 9.08. The zero-order chi connectivity index (χ0) is 19.3. The van der Waals surface area contributed by atoms with Crippen molar-refractivity contribution in [3.05, 3.63) is 75.6 Å². The molecule has 0 fully saturated rings. The summed E-state index contributed by atoms with van der Waals surface area (Å²) in [6.45, 7) is 0. The van der Waals surface area contributed by atoms with Gasteiger partial charge in [0.15, 0.2) is 0 Å². The summed E-state index contributed by atoms with van der Waals surface area (Å²) in [5.41, 5.74) is 0.118. The fourth-order valence-corrected chi connectivity index (χ4v) is 5.14. The van der Waals surface area contributed by atoms with E-state index in [1.54, 1.807) is 12.1 Å². The molecule has 6 heteroatoms. The van der Waals surface area contributed by atoms with Gasteiger partial charge in [0.1, 0.15) is 0 Å². The van der Waals surface area contributed by atoms with Crippen LogP contribution in [0.1, 0.15) is 36.5 Å². The summed E-state index contributed by atoms with van der Waals surface area (Å²) < 4.78 is 61.1. The summed E-state index contributed by atoms with van der Waals surface area (Å²) in [4.78, 5) is 0. The van der Waals surface area contributed by atoms with Crippen molar-refractivity contribution in [1.82, 2.24) is 0 Å². The van der Waals surface area contributed by atoms with Crippen LogP contribution in [0.5, 0.6) is 5.75 Å². The van der Waals surface area contributed by atoms with Crippen LogP contribution in [0.2, 0.25) is 0 Å². The second-order valence-electron chi connectivity index (χ2n) is 6.48. The zero-order valence-corrected chi connectivity index (χ0v) is 16.7. The van der Waals surface area contributed by atoms with E-state index in [-0.39, 0.29) is 33.1 Å². The topological polar surface area (TPSA) is 9.23 Å². The molecule has 2 aromatic rings. The number of halogens is 5. The molecule has 0 saturated carbocycles. The molecule has 2 atom stereocenters. The number of hydrogen-bond acceptors (Lipinski definition) is 1. The molecule has 2 aromatic carbocycles. The molecule has 0 aromatic heterocycles. The van der Waals surface area contributed by atoms with E-state index in [0.717, 1.165) is 24.1 Å². The minimum absolute atomic E-state index is 0.133. The van der Waals surface area contributed by atoms with Crippen LogP contribution in [-0.4, -0.2) is 4.43 Å². The summed E-state index contributed by atoms with van der Waals surface area (Å²) in [6, 6.07) is 10.8. The number of ether oxygens (including phenoxy) is 1. The van der Waals surface area contributed by atoms with E-state index in [9.17, 15) is 17.6 Å². The first-order chi connectivity index (χ1) is 12.9. The molecule has 1 heterocycles. The van der Waals surface area contributed by atoms with Gasteiger partial charge in [0.05, 0.1) is 0 Å². The van der Waals surface area contributed by atoms with Crippen LogP contribution in [0.4, 0.5) is 17.6 Å². The molecule has 0 radical (unpaired) electrons. The Labute approximate surface area is 166 Å². The first-order valence-electron chi connectivity index (χ1n) is 8.75. The van der Waals surface area contributed by atoms with E-state index in [2.05, 4.69) is 10.2 Å². The van der Waals surface area contributed by atoms with Gasteiger partial charge in [0.2, 0.25) is 0 Å². The van der Waals surface area contributed by atoms with Crippen molar-refractivity contribution in [2.75, 3.05) is 4.43 Å². The van der Waals surface area contributed by atoms with Crippen LogP contribution in [0.15, 0.2) is 58.7 Å². The molecule has 1 aliphatic rings. The predicted octanol–water partition coefficient (Wildman–Crippen LogP) is 3.37. The summed E-state index contributed by atoms with van der Waals surface area (Å²) in [6.07, 6.45) is 0.502. The van der Waals surface area contributed by atoms with Crippen molar-refractivity contribution in [2.24, 2.45) is 5.92 Å². The van der Waals surface area contributed by atoms with Gasteiger partial charge in [0.25, 0.3) is 0 Å². The Hall–Kier alpha value is -1.57. The average molecular weight is 491 g/mol. The number of alkyl halides is 4. The van der Waals surface area contributed by atoms with Crippen LogP contribution in [0.3, 0.4) is 0 Å².